The lowest BCUT2D eigenvalue weighted by Gasteiger charge is -2.26. The highest BCUT2D eigenvalue weighted by Gasteiger charge is 2.23. The molecule has 0 saturated heterocycles. The molecule has 0 heterocycles. The fourth-order valence-electron chi connectivity index (χ4n) is 3.16. The van der Waals surface area contributed by atoms with Gasteiger partial charge < -0.3 is 10.4 Å². The third-order valence-corrected chi connectivity index (χ3v) is 4.25. The number of benzene rings is 1. The molecule has 1 aliphatic rings. The molecule has 19 heavy (non-hydrogen) atoms. The van der Waals surface area contributed by atoms with Crippen LogP contribution in [-0.4, -0.2) is 17.7 Å². The van der Waals surface area contributed by atoms with Crippen molar-refractivity contribution in [2.24, 2.45) is 5.92 Å². The molecule has 1 aliphatic carbocycles. The maximum Gasteiger partial charge on any atom is 0.115 e. The largest absolute Gasteiger partial charge is 0.508 e. The van der Waals surface area contributed by atoms with Crippen LogP contribution >= 0.6 is 0 Å². The van der Waals surface area contributed by atoms with Crippen LogP contribution < -0.4 is 5.32 Å². The minimum atomic E-state index is 0.366. The fourth-order valence-corrected chi connectivity index (χ4v) is 3.16. The molecule has 1 fully saturated rings. The second-order valence-electron chi connectivity index (χ2n) is 5.83. The normalized spacial score (nSPS) is 24.1. The zero-order valence-corrected chi connectivity index (χ0v) is 12.1. The van der Waals surface area contributed by atoms with E-state index in [1.165, 1.54) is 44.1 Å². The first-order valence-corrected chi connectivity index (χ1v) is 7.81. The molecule has 2 heteroatoms. The van der Waals surface area contributed by atoms with E-state index in [-0.39, 0.29) is 0 Å². The summed E-state index contributed by atoms with van der Waals surface area (Å²) in [6.45, 7) is 3.37. The maximum absolute atomic E-state index is 9.36. The minimum Gasteiger partial charge on any atom is -0.508 e. The molecule has 2 atom stereocenters. The van der Waals surface area contributed by atoms with Gasteiger partial charge in [-0.25, -0.2) is 0 Å². The zero-order chi connectivity index (χ0) is 13.5. The molecular weight excluding hydrogens is 234 g/mol. The van der Waals surface area contributed by atoms with Crippen molar-refractivity contribution < 1.29 is 5.11 Å². The molecule has 2 N–H and O–H groups in total. The number of aromatic hydroxyl groups is 1. The number of rotatable bonds is 5. The molecule has 0 bridgehead atoms. The molecule has 0 amide bonds. The number of phenols is 1. The highest BCUT2D eigenvalue weighted by Crippen LogP contribution is 2.27. The second-order valence-corrected chi connectivity index (χ2v) is 5.83. The van der Waals surface area contributed by atoms with Gasteiger partial charge in [0.15, 0.2) is 0 Å². The summed E-state index contributed by atoms with van der Waals surface area (Å²) in [5, 5.41) is 13.1. The van der Waals surface area contributed by atoms with Crippen molar-refractivity contribution in [3.05, 3.63) is 29.8 Å². The van der Waals surface area contributed by atoms with Gasteiger partial charge in [0.05, 0.1) is 0 Å². The summed E-state index contributed by atoms with van der Waals surface area (Å²) in [6, 6.07) is 8.42. The van der Waals surface area contributed by atoms with E-state index in [9.17, 15) is 5.11 Å². The number of hydrogen-bond acceptors (Lipinski definition) is 2. The van der Waals surface area contributed by atoms with Crippen LogP contribution in [0.5, 0.6) is 5.75 Å². The van der Waals surface area contributed by atoms with Gasteiger partial charge in [0.25, 0.3) is 0 Å². The van der Waals surface area contributed by atoms with E-state index < -0.39 is 0 Å². The second kappa shape index (κ2) is 7.54. The Morgan fingerprint density at radius 1 is 1.11 bits per heavy atom. The lowest BCUT2D eigenvalue weighted by Crippen LogP contribution is -2.37. The van der Waals surface area contributed by atoms with E-state index in [2.05, 4.69) is 24.4 Å². The monoisotopic (exact) mass is 261 g/mol. The summed E-state index contributed by atoms with van der Waals surface area (Å²) in [4.78, 5) is 0. The van der Waals surface area contributed by atoms with E-state index >= 15 is 0 Å². The molecule has 106 valence electrons. The van der Waals surface area contributed by atoms with Crippen LogP contribution in [0.4, 0.5) is 0 Å². The van der Waals surface area contributed by atoms with Crippen LogP contribution in [0, 0.1) is 5.92 Å². The molecule has 0 radical (unpaired) electrons. The Bertz CT molecular complexity index is 360. The van der Waals surface area contributed by atoms with E-state index in [1.54, 1.807) is 12.1 Å². The Kier molecular flexibility index (Phi) is 5.71. The van der Waals surface area contributed by atoms with Crippen LogP contribution in [0.1, 0.15) is 51.0 Å². The Labute approximate surface area is 117 Å². The SMILES string of the molecule is CCCNC1CCCCCC1Cc1ccc(O)cc1. The lowest BCUT2D eigenvalue weighted by molar-refractivity contribution is 0.332. The smallest absolute Gasteiger partial charge is 0.115 e. The standard InChI is InChI=1S/C17H27NO/c1-2-12-18-17-7-5-3-4-6-15(17)13-14-8-10-16(19)11-9-14/h8-11,15,17-19H,2-7,12-13H2,1H3. The first-order valence-electron chi connectivity index (χ1n) is 7.81. The van der Waals surface area contributed by atoms with Gasteiger partial charge >= 0.3 is 0 Å². The van der Waals surface area contributed by atoms with Gasteiger partial charge in [-0.1, -0.05) is 38.3 Å². The summed E-state index contributed by atoms with van der Waals surface area (Å²) in [5.74, 6) is 1.11. The van der Waals surface area contributed by atoms with Crippen LogP contribution in [0.2, 0.25) is 0 Å². The highest BCUT2D eigenvalue weighted by molar-refractivity contribution is 5.26. The van der Waals surface area contributed by atoms with E-state index in [1.807, 2.05) is 0 Å². The summed E-state index contributed by atoms with van der Waals surface area (Å²) >= 11 is 0. The molecule has 2 rings (SSSR count). The van der Waals surface area contributed by atoms with Crippen molar-refractivity contribution in [1.82, 2.24) is 5.32 Å². The first kappa shape index (κ1) is 14.4. The summed E-state index contributed by atoms with van der Waals surface area (Å²) < 4.78 is 0. The average Bonchev–Trinajstić information content (AvgIpc) is 2.64. The molecule has 1 aromatic carbocycles. The molecule has 2 nitrogen and oxygen atoms in total. The third-order valence-electron chi connectivity index (χ3n) is 4.25. The van der Waals surface area contributed by atoms with Crippen molar-refractivity contribution in [3.63, 3.8) is 0 Å². The zero-order valence-electron chi connectivity index (χ0n) is 12.1. The molecule has 0 aromatic heterocycles. The van der Waals surface area contributed by atoms with Gasteiger partial charge in [0.2, 0.25) is 0 Å². The van der Waals surface area contributed by atoms with E-state index in [4.69, 9.17) is 0 Å². The first-order chi connectivity index (χ1) is 9.29. The van der Waals surface area contributed by atoms with E-state index in [0.29, 0.717) is 11.8 Å². The molecular formula is C17H27NO. The highest BCUT2D eigenvalue weighted by atomic mass is 16.3. The van der Waals surface area contributed by atoms with Gasteiger partial charge in [0, 0.05) is 6.04 Å². The van der Waals surface area contributed by atoms with Gasteiger partial charge in [-0.3, -0.25) is 0 Å². The third kappa shape index (κ3) is 4.54. The molecule has 1 aromatic rings. The van der Waals surface area contributed by atoms with Crippen molar-refractivity contribution in [1.29, 1.82) is 0 Å². The predicted octanol–water partition coefficient (Wildman–Crippen LogP) is 3.88. The van der Waals surface area contributed by atoms with Crippen LogP contribution in [-0.2, 0) is 6.42 Å². The van der Waals surface area contributed by atoms with Crippen LogP contribution in [0.15, 0.2) is 24.3 Å². The van der Waals surface area contributed by atoms with Gasteiger partial charge in [-0.15, -0.1) is 0 Å². The Morgan fingerprint density at radius 3 is 2.58 bits per heavy atom. The Balaban J connectivity index is 1.98. The fraction of sp³-hybridized carbons (Fsp3) is 0.647. The predicted molar refractivity (Wildman–Crippen MR) is 80.5 cm³/mol. The van der Waals surface area contributed by atoms with Gasteiger partial charge in [0.1, 0.15) is 5.75 Å². The quantitative estimate of drug-likeness (QED) is 0.788. The topological polar surface area (TPSA) is 32.3 Å². The van der Waals surface area contributed by atoms with E-state index in [0.717, 1.165) is 18.9 Å². The average molecular weight is 261 g/mol. The van der Waals surface area contributed by atoms with Crippen molar-refractivity contribution in [3.8, 4) is 5.75 Å². The lowest BCUT2D eigenvalue weighted by atomic mass is 9.88. The van der Waals surface area contributed by atoms with Crippen LogP contribution in [0.3, 0.4) is 0 Å². The van der Waals surface area contributed by atoms with Gasteiger partial charge in [-0.2, -0.15) is 0 Å². The van der Waals surface area contributed by atoms with Crippen molar-refractivity contribution >= 4 is 0 Å². The molecule has 2 unspecified atom stereocenters. The Hall–Kier alpha value is -1.02. The summed E-state index contributed by atoms with van der Waals surface area (Å²) in [6.07, 6.45) is 9.13. The minimum absolute atomic E-state index is 0.366. The Morgan fingerprint density at radius 2 is 1.84 bits per heavy atom. The number of phenolic OH excluding ortho intramolecular Hbond substituents is 1. The number of nitrogens with one attached hydrogen (secondary N) is 1. The number of hydrogen-bond donors (Lipinski definition) is 2. The van der Waals surface area contributed by atoms with Gasteiger partial charge in [-0.05, 0) is 55.8 Å². The van der Waals surface area contributed by atoms with Crippen LogP contribution in [0.25, 0.3) is 0 Å². The van der Waals surface area contributed by atoms with Crippen molar-refractivity contribution in [2.45, 2.75) is 57.9 Å². The summed E-state index contributed by atoms with van der Waals surface area (Å²) in [5.41, 5.74) is 1.35. The molecule has 0 spiro atoms. The summed E-state index contributed by atoms with van der Waals surface area (Å²) in [7, 11) is 0. The molecule has 0 aliphatic heterocycles. The maximum atomic E-state index is 9.36. The van der Waals surface area contributed by atoms with Crippen molar-refractivity contribution in [2.75, 3.05) is 6.54 Å². The molecule has 1 saturated carbocycles.